The average Bonchev–Trinajstić information content (AvgIpc) is 3.06. The van der Waals surface area contributed by atoms with E-state index in [1.165, 1.54) is 12.1 Å². The summed E-state index contributed by atoms with van der Waals surface area (Å²) < 4.78 is 13.1. The third kappa shape index (κ3) is 4.14. The zero-order valence-electron chi connectivity index (χ0n) is 15.2. The summed E-state index contributed by atoms with van der Waals surface area (Å²) in [6.07, 6.45) is 4.88. The van der Waals surface area contributed by atoms with E-state index in [1.54, 1.807) is 18.3 Å². The second-order valence-corrected chi connectivity index (χ2v) is 8.17. The molecule has 1 aromatic heterocycles. The lowest BCUT2D eigenvalue weighted by Gasteiger charge is -2.40. The van der Waals surface area contributed by atoms with Gasteiger partial charge in [-0.1, -0.05) is 23.7 Å². The SMILES string of the molecule is O=C(c1ccnc(Cl)c1)N1CC[C@]2(CCCN(Cc3ccc(F)cc3)C2)C1. The van der Waals surface area contributed by atoms with E-state index in [2.05, 4.69) is 9.88 Å². The quantitative estimate of drug-likeness (QED) is 0.747. The van der Waals surface area contributed by atoms with Crippen molar-refractivity contribution < 1.29 is 9.18 Å². The van der Waals surface area contributed by atoms with Crippen LogP contribution in [0.4, 0.5) is 4.39 Å². The van der Waals surface area contributed by atoms with Gasteiger partial charge < -0.3 is 4.90 Å². The topological polar surface area (TPSA) is 36.4 Å². The molecule has 6 heteroatoms. The van der Waals surface area contributed by atoms with Crippen molar-refractivity contribution in [2.75, 3.05) is 26.2 Å². The monoisotopic (exact) mass is 387 g/mol. The van der Waals surface area contributed by atoms with Crippen molar-refractivity contribution in [3.05, 3.63) is 64.7 Å². The molecule has 1 amide bonds. The zero-order valence-corrected chi connectivity index (χ0v) is 16.0. The first kappa shape index (κ1) is 18.4. The molecule has 4 rings (SSSR count). The number of likely N-dealkylation sites (tertiary alicyclic amines) is 2. The molecule has 4 nitrogen and oxygen atoms in total. The highest BCUT2D eigenvalue weighted by atomic mass is 35.5. The van der Waals surface area contributed by atoms with Crippen LogP contribution in [-0.4, -0.2) is 46.9 Å². The third-order valence-corrected chi connectivity index (χ3v) is 5.97. The molecule has 2 aliphatic heterocycles. The van der Waals surface area contributed by atoms with Gasteiger partial charge in [-0.3, -0.25) is 9.69 Å². The van der Waals surface area contributed by atoms with Gasteiger partial charge in [0.15, 0.2) is 0 Å². The Hall–Kier alpha value is -1.98. The second kappa shape index (κ2) is 7.56. The molecule has 1 spiro atoms. The van der Waals surface area contributed by atoms with Crippen molar-refractivity contribution in [3.8, 4) is 0 Å². The number of carbonyl (C=O) groups is 1. The lowest BCUT2D eigenvalue weighted by atomic mass is 9.79. The number of piperidine rings is 1. The van der Waals surface area contributed by atoms with Gasteiger partial charge in [0.25, 0.3) is 5.91 Å². The number of aromatic nitrogens is 1. The molecule has 3 heterocycles. The Kier molecular flexibility index (Phi) is 5.15. The van der Waals surface area contributed by atoms with Gasteiger partial charge in [-0.2, -0.15) is 0 Å². The highest BCUT2D eigenvalue weighted by Gasteiger charge is 2.42. The Morgan fingerprint density at radius 3 is 2.74 bits per heavy atom. The summed E-state index contributed by atoms with van der Waals surface area (Å²) in [5, 5.41) is 0.345. The minimum Gasteiger partial charge on any atom is -0.338 e. The minimum atomic E-state index is -0.199. The fourth-order valence-corrected chi connectivity index (χ4v) is 4.63. The normalized spacial score (nSPS) is 23.1. The molecule has 0 unspecified atom stereocenters. The Morgan fingerprint density at radius 1 is 1.15 bits per heavy atom. The van der Waals surface area contributed by atoms with E-state index in [9.17, 15) is 9.18 Å². The molecule has 0 bridgehead atoms. The maximum Gasteiger partial charge on any atom is 0.254 e. The van der Waals surface area contributed by atoms with Gasteiger partial charge in [0.05, 0.1) is 0 Å². The van der Waals surface area contributed by atoms with Gasteiger partial charge in [-0.25, -0.2) is 9.37 Å². The molecule has 27 heavy (non-hydrogen) atoms. The molecule has 0 saturated carbocycles. The number of carbonyl (C=O) groups excluding carboxylic acids is 1. The van der Waals surface area contributed by atoms with Crippen molar-refractivity contribution >= 4 is 17.5 Å². The summed E-state index contributed by atoms with van der Waals surface area (Å²) in [6, 6.07) is 10.1. The third-order valence-electron chi connectivity index (χ3n) is 5.76. The maximum atomic E-state index is 13.1. The van der Waals surface area contributed by atoms with Crippen LogP contribution in [0.2, 0.25) is 5.15 Å². The Labute approximate surface area is 163 Å². The fourth-order valence-electron chi connectivity index (χ4n) is 4.45. The fraction of sp³-hybridized carbons (Fsp3) is 0.429. The van der Waals surface area contributed by atoms with Gasteiger partial charge in [-0.15, -0.1) is 0 Å². The van der Waals surface area contributed by atoms with E-state index < -0.39 is 0 Å². The van der Waals surface area contributed by atoms with E-state index >= 15 is 0 Å². The van der Waals surface area contributed by atoms with Crippen molar-refractivity contribution in [1.82, 2.24) is 14.8 Å². The molecule has 2 aliphatic rings. The molecule has 142 valence electrons. The number of pyridine rings is 1. The molecule has 2 fully saturated rings. The van der Waals surface area contributed by atoms with E-state index in [0.717, 1.165) is 57.5 Å². The summed E-state index contributed by atoms with van der Waals surface area (Å²) in [7, 11) is 0. The number of hydrogen-bond donors (Lipinski definition) is 0. The highest BCUT2D eigenvalue weighted by Crippen LogP contribution is 2.39. The average molecular weight is 388 g/mol. The van der Waals surface area contributed by atoms with Crippen LogP contribution >= 0.6 is 11.6 Å². The van der Waals surface area contributed by atoms with Crippen LogP contribution in [0.1, 0.15) is 35.2 Å². The van der Waals surface area contributed by atoms with E-state index in [0.29, 0.717) is 10.7 Å². The number of nitrogens with zero attached hydrogens (tertiary/aromatic N) is 3. The smallest absolute Gasteiger partial charge is 0.254 e. The maximum absolute atomic E-state index is 13.1. The van der Waals surface area contributed by atoms with Gasteiger partial charge in [-0.05, 0) is 55.6 Å². The number of rotatable bonds is 3. The predicted octanol–water partition coefficient (Wildman–Crippen LogP) is 4.00. The van der Waals surface area contributed by atoms with E-state index in [4.69, 9.17) is 11.6 Å². The Balaban J connectivity index is 1.41. The molecular weight excluding hydrogens is 365 g/mol. The molecule has 0 radical (unpaired) electrons. The Morgan fingerprint density at radius 2 is 1.96 bits per heavy atom. The van der Waals surface area contributed by atoms with Gasteiger partial charge in [0.1, 0.15) is 11.0 Å². The first-order valence-electron chi connectivity index (χ1n) is 9.41. The molecule has 1 aromatic carbocycles. The molecule has 2 aromatic rings. The van der Waals surface area contributed by atoms with Crippen LogP contribution < -0.4 is 0 Å². The van der Waals surface area contributed by atoms with Crippen molar-refractivity contribution in [1.29, 1.82) is 0 Å². The van der Waals surface area contributed by atoms with Crippen molar-refractivity contribution in [3.63, 3.8) is 0 Å². The molecule has 0 aliphatic carbocycles. The minimum absolute atomic E-state index is 0.0341. The van der Waals surface area contributed by atoms with Crippen molar-refractivity contribution in [2.45, 2.75) is 25.8 Å². The summed E-state index contributed by atoms with van der Waals surface area (Å²) in [5.41, 5.74) is 1.89. The highest BCUT2D eigenvalue weighted by molar-refractivity contribution is 6.29. The molecule has 1 atom stereocenters. The van der Waals surface area contributed by atoms with Crippen LogP contribution in [-0.2, 0) is 6.54 Å². The van der Waals surface area contributed by atoms with E-state index in [-0.39, 0.29) is 17.1 Å². The van der Waals surface area contributed by atoms with Crippen molar-refractivity contribution in [2.24, 2.45) is 5.41 Å². The van der Waals surface area contributed by atoms with Gasteiger partial charge >= 0.3 is 0 Å². The van der Waals surface area contributed by atoms with Crippen LogP contribution in [0.5, 0.6) is 0 Å². The molecule has 0 N–H and O–H groups in total. The number of hydrogen-bond acceptors (Lipinski definition) is 3. The largest absolute Gasteiger partial charge is 0.338 e. The summed E-state index contributed by atoms with van der Waals surface area (Å²) in [6.45, 7) is 4.42. The van der Waals surface area contributed by atoms with Gasteiger partial charge in [0, 0.05) is 43.4 Å². The Bertz CT molecular complexity index is 828. The summed E-state index contributed by atoms with van der Waals surface area (Å²) >= 11 is 5.93. The van der Waals surface area contributed by atoms with Crippen LogP contribution in [0.3, 0.4) is 0 Å². The first-order chi connectivity index (χ1) is 13.0. The zero-order chi connectivity index (χ0) is 18.9. The second-order valence-electron chi connectivity index (χ2n) is 7.78. The molecular formula is C21H23ClFN3O. The van der Waals surface area contributed by atoms with Crippen LogP contribution in [0.15, 0.2) is 42.6 Å². The summed E-state index contributed by atoms with van der Waals surface area (Å²) in [4.78, 5) is 21.2. The lowest BCUT2D eigenvalue weighted by Crippen LogP contribution is -2.45. The summed E-state index contributed by atoms with van der Waals surface area (Å²) in [5.74, 6) is -0.165. The predicted molar refractivity (Wildman–Crippen MR) is 103 cm³/mol. The number of amides is 1. The number of halogens is 2. The first-order valence-corrected chi connectivity index (χ1v) is 9.79. The van der Waals surface area contributed by atoms with E-state index in [1.807, 2.05) is 17.0 Å². The van der Waals surface area contributed by atoms with Gasteiger partial charge in [0.2, 0.25) is 0 Å². The van der Waals surface area contributed by atoms with Crippen LogP contribution in [0, 0.1) is 11.2 Å². The number of benzene rings is 1. The molecule has 2 saturated heterocycles. The standard InChI is InChI=1S/C21H23ClFN3O/c22-19-12-17(6-9-24-19)20(27)26-11-8-21(15-26)7-1-10-25(14-21)13-16-2-4-18(23)5-3-16/h2-6,9,12H,1,7-8,10-11,13-15H2/t21-/m0/s1. The lowest BCUT2D eigenvalue weighted by molar-refractivity contribution is 0.0675. The van der Waals surface area contributed by atoms with Crippen LogP contribution in [0.25, 0.3) is 0 Å².